The molecule has 0 aromatic rings. The number of rotatable bonds is 5. The van der Waals surface area contributed by atoms with Crippen molar-refractivity contribution in [3.8, 4) is 0 Å². The number of hydrogen-bond donors (Lipinski definition) is 4. The van der Waals surface area contributed by atoms with Crippen LogP contribution in [0.5, 0.6) is 0 Å². The lowest BCUT2D eigenvalue weighted by atomic mass is 9.97. The summed E-state index contributed by atoms with van der Waals surface area (Å²) < 4.78 is 10.4. The van der Waals surface area contributed by atoms with E-state index in [4.69, 9.17) is 9.47 Å². The molecular formula is C10H20O6. The summed E-state index contributed by atoms with van der Waals surface area (Å²) in [6, 6.07) is 0. The van der Waals surface area contributed by atoms with Crippen LogP contribution in [-0.2, 0) is 9.47 Å². The molecule has 0 aromatic carbocycles. The second-order valence-corrected chi connectivity index (χ2v) is 3.99. The summed E-state index contributed by atoms with van der Waals surface area (Å²) in [4.78, 5) is 0. The van der Waals surface area contributed by atoms with Gasteiger partial charge in [0.25, 0.3) is 0 Å². The van der Waals surface area contributed by atoms with Gasteiger partial charge in [0.05, 0.1) is 13.2 Å². The van der Waals surface area contributed by atoms with Crippen LogP contribution in [0.15, 0.2) is 0 Å². The van der Waals surface area contributed by atoms with E-state index in [1.807, 2.05) is 6.92 Å². The van der Waals surface area contributed by atoms with E-state index >= 15 is 0 Å². The van der Waals surface area contributed by atoms with Crippen LogP contribution in [-0.4, -0.2) is 64.3 Å². The van der Waals surface area contributed by atoms with Gasteiger partial charge in [-0.15, -0.1) is 0 Å². The number of ether oxygens (including phenoxy) is 2. The van der Waals surface area contributed by atoms with Crippen molar-refractivity contribution < 1.29 is 29.9 Å². The van der Waals surface area contributed by atoms with Crippen LogP contribution >= 0.6 is 0 Å². The summed E-state index contributed by atoms with van der Waals surface area (Å²) in [6.07, 6.45) is -2.33. The number of unbranched alkanes of at least 4 members (excludes halogenated alkanes) is 1. The van der Waals surface area contributed by atoms with Crippen LogP contribution in [0.25, 0.3) is 0 Å². The molecule has 0 saturated carbocycles. The Morgan fingerprint density at radius 2 is 2.06 bits per heavy atom. The Hall–Kier alpha value is -0.240. The molecule has 0 radical (unpaired) electrons. The van der Waals surface area contributed by atoms with E-state index in [2.05, 4.69) is 0 Å². The van der Waals surface area contributed by atoms with Gasteiger partial charge in [-0.05, 0) is 6.42 Å². The number of aliphatic hydroxyl groups excluding tert-OH is 4. The summed E-state index contributed by atoms with van der Waals surface area (Å²) in [5, 5.41) is 37.7. The highest BCUT2D eigenvalue weighted by atomic mass is 16.7. The highest BCUT2D eigenvalue weighted by molar-refractivity contribution is 4.92. The van der Waals surface area contributed by atoms with Crippen LogP contribution in [0.4, 0.5) is 0 Å². The molecule has 0 aliphatic carbocycles. The van der Waals surface area contributed by atoms with E-state index in [1.165, 1.54) is 0 Å². The van der Waals surface area contributed by atoms with Gasteiger partial charge in [0, 0.05) is 0 Å². The molecule has 0 aromatic heterocycles. The smallest absolute Gasteiger partial charge is 0.221 e. The molecule has 4 atom stereocenters. The Kier molecular flexibility index (Phi) is 5.10. The second kappa shape index (κ2) is 5.90. The molecule has 96 valence electrons. The van der Waals surface area contributed by atoms with Crippen molar-refractivity contribution in [3.05, 3.63) is 0 Å². The highest BCUT2D eigenvalue weighted by Gasteiger charge is 2.50. The van der Waals surface area contributed by atoms with Crippen LogP contribution in [0.3, 0.4) is 0 Å². The van der Waals surface area contributed by atoms with Crippen molar-refractivity contribution in [2.45, 2.75) is 43.9 Å². The van der Waals surface area contributed by atoms with Crippen LogP contribution in [0.1, 0.15) is 19.8 Å². The molecule has 0 bridgehead atoms. The van der Waals surface area contributed by atoms with Crippen molar-refractivity contribution >= 4 is 0 Å². The zero-order valence-corrected chi connectivity index (χ0v) is 9.37. The molecule has 16 heavy (non-hydrogen) atoms. The minimum atomic E-state index is -1.62. The lowest BCUT2D eigenvalue weighted by Gasteiger charge is -2.43. The summed E-state index contributed by atoms with van der Waals surface area (Å²) in [5.41, 5.74) is 0. The van der Waals surface area contributed by atoms with Gasteiger partial charge >= 0.3 is 0 Å². The predicted octanol–water partition coefficient (Wildman–Crippen LogP) is -1.40. The molecule has 0 unspecified atom stereocenters. The van der Waals surface area contributed by atoms with Gasteiger partial charge in [-0.2, -0.15) is 0 Å². The molecule has 6 nitrogen and oxygen atoms in total. The fraction of sp³-hybridized carbons (Fsp3) is 1.00. The normalized spacial score (nSPS) is 39.9. The van der Waals surface area contributed by atoms with Gasteiger partial charge in [0.2, 0.25) is 5.79 Å². The molecule has 1 rings (SSSR count). The Balaban J connectivity index is 2.63. The third-order valence-corrected chi connectivity index (χ3v) is 2.73. The third kappa shape index (κ3) is 2.71. The van der Waals surface area contributed by atoms with Crippen LogP contribution < -0.4 is 0 Å². The Morgan fingerprint density at radius 1 is 1.38 bits per heavy atom. The molecule has 1 aliphatic rings. The van der Waals surface area contributed by atoms with E-state index in [-0.39, 0.29) is 6.61 Å². The quantitative estimate of drug-likeness (QED) is 0.438. The van der Waals surface area contributed by atoms with Crippen LogP contribution in [0.2, 0.25) is 0 Å². The van der Waals surface area contributed by atoms with E-state index in [0.29, 0.717) is 6.61 Å². The third-order valence-electron chi connectivity index (χ3n) is 2.73. The van der Waals surface area contributed by atoms with Gasteiger partial charge in [0.15, 0.2) is 0 Å². The fourth-order valence-electron chi connectivity index (χ4n) is 1.58. The summed E-state index contributed by atoms with van der Waals surface area (Å²) in [7, 11) is 0. The first-order valence-corrected chi connectivity index (χ1v) is 5.50. The Morgan fingerprint density at radius 3 is 2.62 bits per heavy atom. The standard InChI is InChI=1S/C10H20O6/c1-2-3-4-15-10(6-11)9(14)8(13)7(12)5-16-10/h7-9,11-14H,2-6H2,1H3/t7-,8+,9-,10-/m0/s1. The van der Waals surface area contributed by atoms with E-state index in [0.717, 1.165) is 12.8 Å². The first-order chi connectivity index (χ1) is 7.57. The molecule has 1 aliphatic heterocycles. The topological polar surface area (TPSA) is 99.4 Å². The van der Waals surface area contributed by atoms with Crippen molar-refractivity contribution in [2.75, 3.05) is 19.8 Å². The second-order valence-electron chi connectivity index (χ2n) is 3.99. The SMILES string of the molecule is CCCCO[C@@]1(CO)OC[C@H](O)[C@@H](O)[C@@H]1O. The lowest BCUT2D eigenvalue weighted by Crippen LogP contribution is -2.63. The Labute approximate surface area is 94.4 Å². The van der Waals surface area contributed by atoms with Crippen molar-refractivity contribution in [2.24, 2.45) is 0 Å². The molecule has 1 saturated heterocycles. The minimum absolute atomic E-state index is 0.176. The maximum atomic E-state index is 9.74. The molecule has 1 heterocycles. The largest absolute Gasteiger partial charge is 0.391 e. The first kappa shape index (κ1) is 13.8. The van der Waals surface area contributed by atoms with Crippen molar-refractivity contribution in [3.63, 3.8) is 0 Å². The zero-order chi connectivity index (χ0) is 12.2. The Bertz CT molecular complexity index is 211. The molecule has 6 heteroatoms. The van der Waals surface area contributed by atoms with Gasteiger partial charge in [-0.3, -0.25) is 0 Å². The van der Waals surface area contributed by atoms with Crippen molar-refractivity contribution in [1.29, 1.82) is 0 Å². The fourth-order valence-corrected chi connectivity index (χ4v) is 1.58. The molecule has 4 N–H and O–H groups in total. The molecule has 0 amide bonds. The number of hydrogen-bond acceptors (Lipinski definition) is 6. The van der Waals surface area contributed by atoms with Crippen molar-refractivity contribution in [1.82, 2.24) is 0 Å². The maximum Gasteiger partial charge on any atom is 0.221 e. The summed E-state index contributed by atoms with van der Waals surface area (Å²) in [6.45, 7) is 1.55. The summed E-state index contributed by atoms with van der Waals surface area (Å²) >= 11 is 0. The maximum absolute atomic E-state index is 9.74. The lowest BCUT2D eigenvalue weighted by molar-refractivity contribution is -0.348. The highest BCUT2D eigenvalue weighted by Crippen LogP contribution is 2.27. The first-order valence-electron chi connectivity index (χ1n) is 5.50. The average molecular weight is 236 g/mol. The van der Waals surface area contributed by atoms with E-state index in [1.54, 1.807) is 0 Å². The number of aliphatic hydroxyl groups is 4. The van der Waals surface area contributed by atoms with Crippen LogP contribution in [0, 0.1) is 0 Å². The zero-order valence-electron chi connectivity index (χ0n) is 9.37. The van der Waals surface area contributed by atoms with Gasteiger partial charge in [0.1, 0.15) is 24.9 Å². The molecular weight excluding hydrogens is 216 g/mol. The average Bonchev–Trinajstić information content (AvgIpc) is 2.30. The predicted molar refractivity (Wildman–Crippen MR) is 54.6 cm³/mol. The summed E-state index contributed by atoms with van der Waals surface area (Å²) in [5.74, 6) is -1.62. The molecule has 1 fully saturated rings. The monoisotopic (exact) mass is 236 g/mol. The minimum Gasteiger partial charge on any atom is -0.391 e. The molecule has 0 spiro atoms. The van der Waals surface area contributed by atoms with E-state index in [9.17, 15) is 20.4 Å². The van der Waals surface area contributed by atoms with Gasteiger partial charge < -0.3 is 29.9 Å². The van der Waals surface area contributed by atoms with E-state index < -0.39 is 30.7 Å². The van der Waals surface area contributed by atoms with Gasteiger partial charge in [-0.25, -0.2) is 0 Å². The van der Waals surface area contributed by atoms with Gasteiger partial charge in [-0.1, -0.05) is 13.3 Å².